The van der Waals surface area contributed by atoms with Crippen LogP contribution in [0.15, 0.2) is 0 Å². The van der Waals surface area contributed by atoms with E-state index < -0.39 is 6.03 Å². The molecule has 0 spiro atoms. The fraction of sp³-hybridized carbons (Fsp3) is 0.900. The highest BCUT2D eigenvalue weighted by atomic mass is 16.2. The molecule has 0 bridgehead atoms. The van der Waals surface area contributed by atoms with Crippen LogP contribution in [0.3, 0.4) is 0 Å². The molecular formula is C10H21N3O. The van der Waals surface area contributed by atoms with Crippen molar-refractivity contribution in [3.05, 3.63) is 0 Å². The molecule has 1 aliphatic rings. The summed E-state index contributed by atoms with van der Waals surface area (Å²) in [6.45, 7) is 4.32. The molecule has 4 heteroatoms. The molecule has 0 aliphatic heterocycles. The molecule has 82 valence electrons. The van der Waals surface area contributed by atoms with Gasteiger partial charge in [-0.25, -0.2) is 4.79 Å². The average molecular weight is 199 g/mol. The van der Waals surface area contributed by atoms with Crippen molar-refractivity contribution in [3.8, 4) is 0 Å². The van der Waals surface area contributed by atoms with Crippen molar-refractivity contribution in [2.24, 2.45) is 5.73 Å². The number of urea groups is 1. The van der Waals surface area contributed by atoms with E-state index in [9.17, 15) is 4.79 Å². The molecule has 0 radical (unpaired) electrons. The van der Waals surface area contributed by atoms with Gasteiger partial charge in [-0.2, -0.15) is 0 Å². The summed E-state index contributed by atoms with van der Waals surface area (Å²) in [7, 11) is 0. The SMILES string of the molecule is CC(C)NC1CCC(NC(N)=O)CC1. The van der Waals surface area contributed by atoms with Crippen LogP contribution < -0.4 is 16.4 Å². The molecule has 0 aromatic carbocycles. The van der Waals surface area contributed by atoms with Crippen LogP contribution in [-0.4, -0.2) is 24.2 Å². The van der Waals surface area contributed by atoms with Crippen LogP contribution in [0.1, 0.15) is 39.5 Å². The third-order valence-electron chi connectivity index (χ3n) is 2.64. The highest BCUT2D eigenvalue weighted by Crippen LogP contribution is 2.18. The van der Waals surface area contributed by atoms with Gasteiger partial charge < -0.3 is 16.4 Å². The van der Waals surface area contributed by atoms with Crippen LogP contribution in [-0.2, 0) is 0 Å². The van der Waals surface area contributed by atoms with Crippen molar-refractivity contribution in [1.29, 1.82) is 0 Å². The summed E-state index contributed by atoms with van der Waals surface area (Å²) >= 11 is 0. The molecule has 0 heterocycles. The molecule has 0 atom stereocenters. The van der Waals surface area contributed by atoms with Gasteiger partial charge in [0, 0.05) is 18.1 Å². The molecule has 1 rings (SSSR count). The molecule has 1 aliphatic carbocycles. The Balaban J connectivity index is 2.21. The lowest BCUT2D eigenvalue weighted by Crippen LogP contribution is -2.45. The smallest absolute Gasteiger partial charge is 0.312 e. The van der Waals surface area contributed by atoms with Gasteiger partial charge in [-0.15, -0.1) is 0 Å². The van der Waals surface area contributed by atoms with E-state index in [-0.39, 0.29) is 6.04 Å². The van der Waals surface area contributed by atoms with Crippen molar-refractivity contribution in [2.75, 3.05) is 0 Å². The Bertz CT molecular complexity index is 186. The number of carbonyl (C=O) groups is 1. The summed E-state index contributed by atoms with van der Waals surface area (Å²) in [5, 5.41) is 6.28. The van der Waals surface area contributed by atoms with Gasteiger partial charge in [-0.1, -0.05) is 13.8 Å². The highest BCUT2D eigenvalue weighted by Gasteiger charge is 2.21. The second kappa shape index (κ2) is 5.20. The first-order valence-electron chi connectivity index (χ1n) is 5.40. The molecule has 0 aromatic heterocycles. The minimum Gasteiger partial charge on any atom is -0.352 e. The Hall–Kier alpha value is -0.770. The third-order valence-corrected chi connectivity index (χ3v) is 2.64. The summed E-state index contributed by atoms with van der Waals surface area (Å²) in [4.78, 5) is 10.6. The number of primary amides is 1. The zero-order chi connectivity index (χ0) is 10.6. The minimum absolute atomic E-state index is 0.290. The van der Waals surface area contributed by atoms with E-state index in [1.165, 1.54) is 0 Å². The predicted molar refractivity (Wildman–Crippen MR) is 57.0 cm³/mol. The number of hydrogen-bond acceptors (Lipinski definition) is 2. The third kappa shape index (κ3) is 3.96. The lowest BCUT2D eigenvalue weighted by molar-refractivity contribution is 0.236. The molecule has 0 unspecified atom stereocenters. The monoisotopic (exact) mass is 199 g/mol. The topological polar surface area (TPSA) is 67.2 Å². The minimum atomic E-state index is -0.398. The van der Waals surface area contributed by atoms with E-state index in [0.29, 0.717) is 12.1 Å². The van der Waals surface area contributed by atoms with E-state index in [4.69, 9.17) is 5.73 Å². The van der Waals surface area contributed by atoms with Crippen molar-refractivity contribution in [2.45, 2.75) is 57.7 Å². The second-order valence-corrected chi connectivity index (χ2v) is 4.38. The van der Waals surface area contributed by atoms with Gasteiger partial charge in [-0.3, -0.25) is 0 Å². The number of nitrogens with two attached hydrogens (primary N) is 1. The van der Waals surface area contributed by atoms with Crippen LogP contribution in [0.4, 0.5) is 4.79 Å². The Labute approximate surface area is 85.6 Å². The fourth-order valence-electron chi connectivity index (χ4n) is 2.08. The van der Waals surface area contributed by atoms with E-state index in [1.807, 2.05) is 0 Å². The summed E-state index contributed by atoms with van der Waals surface area (Å²) in [5.74, 6) is 0. The maximum Gasteiger partial charge on any atom is 0.312 e. The summed E-state index contributed by atoms with van der Waals surface area (Å²) in [6, 6.07) is 1.05. The zero-order valence-corrected chi connectivity index (χ0v) is 9.05. The molecule has 1 fully saturated rings. The number of hydrogen-bond donors (Lipinski definition) is 3. The number of amides is 2. The summed E-state index contributed by atoms with van der Waals surface area (Å²) < 4.78 is 0. The first kappa shape index (κ1) is 11.3. The molecule has 4 N–H and O–H groups in total. The summed E-state index contributed by atoms with van der Waals surface area (Å²) in [5.41, 5.74) is 5.07. The molecule has 4 nitrogen and oxygen atoms in total. The van der Waals surface area contributed by atoms with Gasteiger partial charge in [0.1, 0.15) is 0 Å². The number of carbonyl (C=O) groups excluding carboxylic acids is 1. The normalized spacial score (nSPS) is 27.6. The zero-order valence-electron chi connectivity index (χ0n) is 9.05. The largest absolute Gasteiger partial charge is 0.352 e. The fourth-order valence-corrected chi connectivity index (χ4v) is 2.08. The molecule has 0 aromatic rings. The van der Waals surface area contributed by atoms with Crippen LogP contribution in [0.25, 0.3) is 0 Å². The Morgan fingerprint density at radius 3 is 2.14 bits per heavy atom. The van der Waals surface area contributed by atoms with Crippen LogP contribution in [0.5, 0.6) is 0 Å². The van der Waals surface area contributed by atoms with Crippen molar-refractivity contribution >= 4 is 6.03 Å². The van der Waals surface area contributed by atoms with Crippen LogP contribution >= 0.6 is 0 Å². The molecule has 2 amide bonds. The van der Waals surface area contributed by atoms with Gasteiger partial charge in [0.2, 0.25) is 0 Å². The van der Waals surface area contributed by atoms with Crippen LogP contribution in [0, 0.1) is 0 Å². The summed E-state index contributed by atoms with van der Waals surface area (Å²) in [6.07, 6.45) is 4.33. The van der Waals surface area contributed by atoms with Gasteiger partial charge in [0.05, 0.1) is 0 Å². The van der Waals surface area contributed by atoms with Crippen molar-refractivity contribution < 1.29 is 4.79 Å². The van der Waals surface area contributed by atoms with E-state index in [2.05, 4.69) is 24.5 Å². The van der Waals surface area contributed by atoms with E-state index in [1.54, 1.807) is 0 Å². The van der Waals surface area contributed by atoms with Crippen molar-refractivity contribution in [1.82, 2.24) is 10.6 Å². The average Bonchev–Trinajstić information content (AvgIpc) is 2.06. The first-order chi connectivity index (χ1) is 6.58. The van der Waals surface area contributed by atoms with Crippen LogP contribution in [0.2, 0.25) is 0 Å². The van der Waals surface area contributed by atoms with Gasteiger partial charge in [0.15, 0.2) is 0 Å². The van der Waals surface area contributed by atoms with Gasteiger partial charge in [0.25, 0.3) is 0 Å². The quantitative estimate of drug-likeness (QED) is 0.634. The Morgan fingerprint density at radius 2 is 1.71 bits per heavy atom. The molecule has 14 heavy (non-hydrogen) atoms. The predicted octanol–water partition coefficient (Wildman–Crippen LogP) is 0.964. The second-order valence-electron chi connectivity index (χ2n) is 4.38. The maximum absolute atomic E-state index is 10.6. The van der Waals surface area contributed by atoms with E-state index in [0.717, 1.165) is 25.7 Å². The van der Waals surface area contributed by atoms with Crippen molar-refractivity contribution in [3.63, 3.8) is 0 Å². The standard InChI is InChI=1S/C10H21N3O/c1-7(2)12-8-3-5-9(6-4-8)13-10(11)14/h7-9,12H,3-6H2,1-2H3,(H3,11,13,14). The lowest BCUT2D eigenvalue weighted by atomic mass is 9.91. The van der Waals surface area contributed by atoms with Gasteiger partial charge in [-0.05, 0) is 25.7 Å². The lowest BCUT2D eigenvalue weighted by Gasteiger charge is -2.30. The Morgan fingerprint density at radius 1 is 1.21 bits per heavy atom. The van der Waals surface area contributed by atoms with E-state index >= 15 is 0 Å². The van der Waals surface area contributed by atoms with Gasteiger partial charge >= 0.3 is 6.03 Å². The molecule has 1 saturated carbocycles. The number of rotatable bonds is 3. The Kier molecular flexibility index (Phi) is 4.20. The molecule has 0 saturated heterocycles. The molecular weight excluding hydrogens is 178 g/mol. The number of nitrogens with one attached hydrogen (secondary N) is 2. The highest BCUT2D eigenvalue weighted by molar-refractivity contribution is 5.71. The first-order valence-corrected chi connectivity index (χ1v) is 5.40. The maximum atomic E-state index is 10.6.